The van der Waals surface area contributed by atoms with Crippen LogP contribution in [0, 0.1) is 17.8 Å². The van der Waals surface area contributed by atoms with E-state index in [1.165, 1.54) is 21.5 Å². The molecule has 5 aromatic rings. The van der Waals surface area contributed by atoms with Crippen molar-refractivity contribution in [2.45, 2.75) is 88.4 Å². The Morgan fingerprint density at radius 1 is 1.12 bits per heavy atom. The molecule has 3 aliphatic heterocycles. The summed E-state index contributed by atoms with van der Waals surface area (Å²) in [6, 6.07) is 6.71. The maximum atomic E-state index is 14.2. The quantitative estimate of drug-likeness (QED) is 0.0996. The van der Waals surface area contributed by atoms with Gasteiger partial charge in [0.15, 0.2) is 11.3 Å². The van der Waals surface area contributed by atoms with Crippen LogP contribution in [0.5, 0.6) is 0 Å². The number of morpholine rings is 1. The van der Waals surface area contributed by atoms with Gasteiger partial charge >= 0.3 is 5.69 Å². The first-order chi connectivity index (χ1) is 28.6. The van der Waals surface area contributed by atoms with Gasteiger partial charge in [-0.3, -0.25) is 28.9 Å². The second-order valence-electron chi connectivity index (χ2n) is 16.1. The summed E-state index contributed by atoms with van der Waals surface area (Å²) < 4.78 is 38.7. The number of imide groups is 1. The number of piperidine rings is 1. The molecule has 1 unspecified atom stereocenters. The van der Waals surface area contributed by atoms with Gasteiger partial charge in [0.1, 0.15) is 17.4 Å². The predicted molar refractivity (Wildman–Crippen MR) is 212 cm³/mol. The third kappa shape index (κ3) is 7.84. The summed E-state index contributed by atoms with van der Waals surface area (Å²) in [6.45, 7) is 3.16. The van der Waals surface area contributed by atoms with Crippen molar-refractivity contribution in [3.05, 3.63) is 70.2 Å². The number of fused-ring (bicyclic) bond motifs is 4. The first-order valence-electron chi connectivity index (χ1n) is 20.2. The zero-order valence-corrected chi connectivity index (χ0v) is 32.6. The Bertz CT molecular complexity index is 2540. The summed E-state index contributed by atoms with van der Waals surface area (Å²) in [6.07, 6.45) is 8.40. The molecule has 3 amide bonds. The van der Waals surface area contributed by atoms with Crippen LogP contribution >= 0.6 is 0 Å². The van der Waals surface area contributed by atoms with Gasteiger partial charge in [0.2, 0.25) is 11.8 Å². The molecule has 59 heavy (non-hydrogen) atoms. The lowest BCUT2D eigenvalue weighted by atomic mass is 9.86. The lowest BCUT2D eigenvalue weighted by molar-refractivity contribution is -0.135. The molecule has 7 heterocycles. The topological polar surface area (TPSA) is 177 Å². The van der Waals surface area contributed by atoms with Crippen molar-refractivity contribution in [1.82, 2.24) is 44.1 Å². The van der Waals surface area contributed by atoms with E-state index in [2.05, 4.69) is 54.5 Å². The SMILES string of the molecule is CN(CCCC#Cc1ccc2c(c1)[nH]c(=O)n2C1CCC(=O)NC1=O)CC1CCC(n2cc(NC(=O)c3cnn4ccc(N5C[C@H]6C[C@@H]5CO6)nc34)c(C(F)F)n2)CC1. The summed E-state index contributed by atoms with van der Waals surface area (Å²) in [5.41, 5.74) is 1.60. The normalized spacial score (nSPS) is 23.1. The fourth-order valence-corrected chi connectivity index (χ4v) is 9.07. The van der Waals surface area contributed by atoms with Crippen molar-refractivity contribution in [3.63, 3.8) is 0 Å². The molecule has 4 fully saturated rings. The summed E-state index contributed by atoms with van der Waals surface area (Å²) in [5.74, 6) is 6.21. The third-order valence-electron chi connectivity index (χ3n) is 12.1. The average molecular weight is 810 g/mol. The number of hydrogen-bond donors (Lipinski definition) is 3. The lowest BCUT2D eigenvalue weighted by Crippen LogP contribution is -2.43. The zero-order valence-electron chi connectivity index (χ0n) is 32.6. The molecule has 308 valence electrons. The highest BCUT2D eigenvalue weighted by Gasteiger charge is 2.40. The van der Waals surface area contributed by atoms with Crippen molar-refractivity contribution in [3.8, 4) is 11.8 Å². The van der Waals surface area contributed by atoms with Gasteiger partial charge in [-0.15, -0.1) is 0 Å². The molecule has 3 N–H and O–H groups in total. The maximum absolute atomic E-state index is 14.2. The Morgan fingerprint density at radius 3 is 2.73 bits per heavy atom. The second kappa shape index (κ2) is 16.0. The van der Waals surface area contributed by atoms with Gasteiger partial charge in [-0.25, -0.2) is 23.1 Å². The number of imidazole rings is 1. The van der Waals surface area contributed by atoms with Crippen LogP contribution in [-0.4, -0.2) is 102 Å². The van der Waals surface area contributed by atoms with Gasteiger partial charge in [-0.1, -0.05) is 11.8 Å². The van der Waals surface area contributed by atoms with Crippen molar-refractivity contribution in [2.24, 2.45) is 5.92 Å². The molecule has 0 radical (unpaired) electrons. The largest absolute Gasteiger partial charge is 0.374 e. The molecular weight excluding hydrogens is 765 g/mol. The van der Waals surface area contributed by atoms with Gasteiger partial charge in [0.25, 0.3) is 12.3 Å². The number of carbonyl (C=O) groups is 3. The van der Waals surface area contributed by atoms with Gasteiger partial charge in [-0.05, 0) is 88.7 Å². The molecule has 0 spiro atoms. The number of anilines is 2. The number of H-pyrrole nitrogens is 1. The molecule has 3 saturated heterocycles. The Hall–Kier alpha value is -5.93. The second-order valence-corrected chi connectivity index (χ2v) is 16.1. The molecule has 16 nitrogen and oxygen atoms in total. The molecule has 1 aromatic carbocycles. The van der Waals surface area contributed by atoms with E-state index in [0.29, 0.717) is 35.6 Å². The van der Waals surface area contributed by atoms with Crippen LogP contribution in [-0.2, 0) is 14.3 Å². The van der Waals surface area contributed by atoms with E-state index in [1.807, 2.05) is 12.1 Å². The number of carbonyl (C=O) groups excluding carboxylic acids is 3. The van der Waals surface area contributed by atoms with E-state index >= 15 is 0 Å². The standard InChI is InChI=1S/C41H45F2N11O5/c1-50(15-4-2-3-5-24-8-11-32-30(17-24)46-41(58)54(32)33-12-13-35(55)48-40(33)57)20-25-6-9-26(10-7-25)53-22-31(36(49-53)37(42)43)45-39(56)29-19-44-52-16-14-34(47-38(29)52)51-21-28-18-27(51)23-59-28/h8,11,14,16-17,19,22,25-28,33,37H,2,4,6-7,9-10,12-13,15,18,20-21,23H2,1H3,(H,45,56)(H,46,58)(H,48,55,57)/t25?,26?,27-,28-,33?/m1/s1. The number of rotatable bonds is 11. The number of nitrogens with one attached hydrogen (secondary N) is 3. The molecule has 9 rings (SSSR count). The molecule has 18 heteroatoms. The number of amides is 3. The van der Waals surface area contributed by atoms with Crippen molar-refractivity contribution >= 4 is 45.9 Å². The minimum Gasteiger partial charge on any atom is -0.374 e. The molecule has 4 aliphatic rings. The smallest absolute Gasteiger partial charge is 0.327 e. The van der Waals surface area contributed by atoms with Gasteiger partial charge in [0, 0.05) is 43.9 Å². The molecule has 3 atom stereocenters. The zero-order chi connectivity index (χ0) is 40.8. The number of hydrogen-bond acceptors (Lipinski definition) is 10. The lowest BCUT2D eigenvalue weighted by Gasteiger charge is -2.31. The first kappa shape index (κ1) is 38.6. The van der Waals surface area contributed by atoms with Gasteiger partial charge in [-0.2, -0.15) is 10.2 Å². The van der Waals surface area contributed by atoms with E-state index in [1.54, 1.807) is 23.0 Å². The summed E-state index contributed by atoms with van der Waals surface area (Å²) >= 11 is 0. The Kier molecular flexibility index (Phi) is 10.5. The fourth-order valence-electron chi connectivity index (χ4n) is 9.07. The minimum absolute atomic E-state index is 0.0150. The van der Waals surface area contributed by atoms with Crippen molar-refractivity contribution in [1.29, 1.82) is 0 Å². The van der Waals surface area contributed by atoms with Crippen LogP contribution in [0.2, 0.25) is 0 Å². The van der Waals surface area contributed by atoms with Crippen LogP contribution in [0.25, 0.3) is 16.7 Å². The molecule has 4 aromatic heterocycles. The van der Waals surface area contributed by atoms with Gasteiger partial charge < -0.3 is 24.8 Å². The Morgan fingerprint density at radius 2 is 1.97 bits per heavy atom. The van der Waals surface area contributed by atoms with Crippen LogP contribution in [0.4, 0.5) is 20.3 Å². The predicted octanol–water partition coefficient (Wildman–Crippen LogP) is 4.21. The molecular formula is C41H45F2N11O5. The number of aromatic amines is 1. The summed E-state index contributed by atoms with van der Waals surface area (Å²) in [7, 11) is 2.10. The highest BCUT2D eigenvalue weighted by molar-refractivity contribution is 6.08. The van der Waals surface area contributed by atoms with E-state index in [9.17, 15) is 28.0 Å². The minimum atomic E-state index is -2.86. The first-order valence-corrected chi connectivity index (χ1v) is 20.2. The average Bonchev–Trinajstić information content (AvgIpc) is 4.07. The number of halogens is 2. The molecule has 2 bridgehead atoms. The number of ether oxygens (including phenoxy) is 1. The number of benzene rings is 1. The third-order valence-corrected chi connectivity index (χ3v) is 12.1. The van der Waals surface area contributed by atoms with Crippen LogP contribution in [0.1, 0.15) is 97.9 Å². The van der Waals surface area contributed by atoms with E-state index in [-0.39, 0.29) is 48.2 Å². The molecule has 1 saturated carbocycles. The Balaban J connectivity index is 0.752. The van der Waals surface area contributed by atoms with Crippen molar-refractivity contribution < 1.29 is 27.9 Å². The highest BCUT2D eigenvalue weighted by atomic mass is 19.3. The van der Waals surface area contributed by atoms with Crippen molar-refractivity contribution in [2.75, 3.05) is 43.5 Å². The highest BCUT2D eigenvalue weighted by Crippen LogP contribution is 2.36. The fraction of sp³-hybridized carbons (Fsp3) is 0.488. The number of nitrogens with zero attached hydrogens (tertiary/aromatic N) is 8. The monoisotopic (exact) mass is 809 g/mol. The van der Waals surface area contributed by atoms with Gasteiger partial charge in [0.05, 0.1) is 47.7 Å². The van der Waals surface area contributed by atoms with E-state index in [4.69, 9.17) is 9.72 Å². The van der Waals surface area contributed by atoms with Crippen LogP contribution in [0.3, 0.4) is 0 Å². The molecule has 1 aliphatic carbocycles. The maximum Gasteiger partial charge on any atom is 0.327 e. The van der Waals surface area contributed by atoms with E-state index < -0.39 is 35.7 Å². The number of aromatic nitrogens is 7. The van der Waals surface area contributed by atoms with E-state index in [0.717, 1.165) is 69.5 Å². The Labute approximate surface area is 337 Å². The van der Waals surface area contributed by atoms with Crippen LogP contribution < -0.4 is 21.2 Å². The number of alkyl halides is 2. The summed E-state index contributed by atoms with van der Waals surface area (Å²) in [4.78, 5) is 62.1. The summed E-state index contributed by atoms with van der Waals surface area (Å²) in [5, 5.41) is 13.5. The number of unbranched alkanes of at least 4 members (excludes halogenated alkanes) is 1. The van der Waals surface area contributed by atoms with Crippen LogP contribution in [0.15, 0.2) is 47.7 Å².